The standard InChI is InChI=1S/C16H17N3O4S.Na.H/c1-3-11(2)12-7-6-10-15(16(12)23-24(20,21)22)19-17-13-8-4-5-9-14(13)18-19;;/h4-11H,3H2,1-2H3,(H,20,21,22);;/q;+1;-1. The zero-order valence-electron chi connectivity index (χ0n) is 15.2. The van der Waals surface area contributed by atoms with E-state index in [-0.39, 0.29) is 42.7 Å². The molecule has 7 nitrogen and oxygen atoms in total. The van der Waals surface area contributed by atoms with Gasteiger partial charge in [-0.05, 0) is 30.5 Å². The molecular weight excluding hydrogens is 353 g/mol. The molecule has 1 aromatic heterocycles. The number of hydrogen-bond acceptors (Lipinski definition) is 5. The Labute approximate surface area is 169 Å². The summed E-state index contributed by atoms with van der Waals surface area (Å²) in [6, 6.07) is 12.5. The van der Waals surface area contributed by atoms with Gasteiger partial charge >= 0.3 is 40.0 Å². The second kappa shape index (κ2) is 7.84. The fourth-order valence-electron chi connectivity index (χ4n) is 2.47. The van der Waals surface area contributed by atoms with Crippen molar-refractivity contribution in [2.24, 2.45) is 0 Å². The molecule has 0 spiro atoms. The maximum absolute atomic E-state index is 11.3. The van der Waals surface area contributed by atoms with Crippen LogP contribution >= 0.6 is 0 Å². The molecule has 0 aliphatic rings. The van der Waals surface area contributed by atoms with Crippen LogP contribution in [0.25, 0.3) is 16.7 Å². The number of rotatable bonds is 5. The van der Waals surface area contributed by atoms with Crippen molar-refractivity contribution in [1.82, 2.24) is 15.0 Å². The summed E-state index contributed by atoms with van der Waals surface area (Å²) in [4.78, 5) is 1.32. The van der Waals surface area contributed by atoms with Gasteiger partial charge in [0.1, 0.15) is 16.7 Å². The fraction of sp³-hybridized carbons (Fsp3) is 0.250. The van der Waals surface area contributed by atoms with Crippen molar-refractivity contribution >= 4 is 21.4 Å². The molecule has 25 heavy (non-hydrogen) atoms. The van der Waals surface area contributed by atoms with Crippen LogP contribution < -0.4 is 33.7 Å². The normalized spacial score (nSPS) is 12.6. The van der Waals surface area contributed by atoms with Crippen LogP contribution in [0.2, 0.25) is 0 Å². The van der Waals surface area contributed by atoms with E-state index in [9.17, 15) is 8.42 Å². The van der Waals surface area contributed by atoms with Gasteiger partial charge in [0.05, 0.1) is 0 Å². The molecule has 0 saturated heterocycles. The van der Waals surface area contributed by atoms with Crippen molar-refractivity contribution in [3.05, 3.63) is 48.0 Å². The number of benzene rings is 2. The van der Waals surface area contributed by atoms with Crippen molar-refractivity contribution in [2.75, 3.05) is 0 Å². The van der Waals surface area contributed by atoms with Gasteiger partial charge in [-0.2, -0.15) is 8.42 Å². The Morgan fingerprint density at radius 3 is 2.28 bits per heavy atom. The number of hydrogen-bond donors (Lipinski definition) is 1. The van der Waals surface area contributed by atoms with Crippen LogP contribution in [0.4, 0.5) is 0 Å². The maximum Gasteiger partial charge on any atom is 1.00 e. The van der Waals surface area contributed by atoms with Crippen molar-refractivity contribution in [1.29, 1.82) is 0 Å². The summed E-state index contributed by atoms with van der Waals surface area (Å²) >= 11 is 0. The third kappa shape index (κ3) is 4.39. The van der Waals surface area contributed by atoms with Crippen molar-refractivity contribution in [2.45, 2.75) is 26.2 Å². The number of aromatic nitrogens is 3. The van der Waals surface area contributed by atoms with E-state index in [1.165, 1.54) is 4.80 Å². The largest absolute Gasteiger partial charge is 1.00 e. The zero-order valence-corrected chi connectivity index (χ0v) is 17.1. The van der Waals surface area contributed by atoms with Crippen LogP contribution in [-0.2, 0) is 10.4 Å². The molecule has 0 saturated carbocycles. The smallest absolute Gasteiger partial charge is 1.00 e. The Morgan fingerprint density at radius 2 is 1.76 bits per heavy atom. The third-order valence-corrected chi connectivity index (χ3v) is 4.24. The van der Waals surface area contributed by atoms with E-state index < -0.39 is 10.4 Å². The topological polar surface area (TPSA) is 94.3 Å². The summed E-state index contributed by atoms with van der Waals surface area (Å²) in [5, 5.41) is 8.70. The van der Waals surface area contributed by atoms with Crippen molar-refractivity contribution < 1.29 is 48.1 Å². The molecule has 128 valence electrons. The molecule has 2 aromatic carbocycles. The number of para-hydroxylation sites is 1. The summed E-state index contributed by atoms with van der Waals surface area (Å²) in [6.45, 7) is 3.93. The molecular formula is C16H18N3NaO4S. The van der Waals surface area contributed by atoms with Gasteiger partial charge in [0.2, 0.25) is 0 Å². The molecule has 3 rings (SSSR count). The van der Waals surface area contributed by atoms with Crippen LogP contribution in [-0.4, -0.2) is 28.0 Å². The molecule has 1 heterocycles. The summed E-state index contributed by atoms with van der Waals surface area (Å²) in [5.74, 6) is 0.0707. The number of nitrogens with zero attached hydrogens (tertiary/aromatic N) is 3. The van der Waals surface area contributed by atoms with E-state index in [0.717, 1.165) is 6.42 Å². The molecule has 1 unspecified atom stereocenters. The molecule has 0 aliphatic heterocycles. The van der Waals surface area contributed by atoms with Crippen LogP contribution in [0.1, 0.15) is 33.2 Å². The van der Waals surface area contributed by atoms with E-state index in [0.29, 0.717) is 22.3 Å². The average Bonchev–Trinajstić information content (AvgIpc) is 2.96. The SMILES string of the molecule is CCC(C)c1cccc(-n2nc3ccccc3n2)c1OS(=O)(=O)O.[H-].[Na+]. The fourth-order valence-corrected chi connectivity index (χ4v) is 2.86. The van der Waals surface area contributed by atoms with Crippen LogP contribution in [0.15, 0.2) is 42.5 Å². The molecule has 0 aliphatic carbocycles. The first-order valence-electron chi connectivity index (χ1n) is 7.51. The second-order valence-electron chi connectivity index (χ2n) is 5.49. The van der Waals surface area contributed by atoms with Gasteiger partial charge in [-0.25, -0.2) is 0 Å². The zero-order chi connectivity index (χ0) is 17.3. The molecule has 0 bridgehead atoms. The van der Waals surface area contributed by atoms with Gasteiger partial charge in [-0.3, -0.25) is 4.55 Å². The second-order valence-corrected chi connectivity index (χ2v) is 6.52. The molecule has 1 atom stereocenters. The number of fused-ring (bicyclic) bond motifs is 1. The minimum atomic E-state index is -4.67. The first-order chi connectivity index (χ1) is 11.4. The minimum Gasteiger partial charge on any atom is -1.00 e. The van der Waals surface area contributed by atoms with Crippen molar-refractivity contribution in [3.8, 4) is 11.4 Å². The van der Waals surface area contributed by atoms with E-state index in [1.807, 2.05) is 26.0 Å². The molecule has 3 aromatic rings. The monoisotopic (exact) mass is 371 g/mol. The summed E-state index contributed by atoms with van der Waals surface area (Å²) in [6.07, 6.45) is 0.778. The van der Waals surface area contributed by atoms with Crippen LogP contribution in [0, 0.1) is 0 Å². The van der Waals surface area contributed by atoms with Crippen molar-refractivity contribution in [3.63, 3.8) is 0 Å². The van der Waals surface area contributed by atoms with Gasteiger partial charge in [0, 0.05) is 5.56 Å². The predicted octanol–water partition coefficient (Wildman–Crippen LogP) is 0.232. The minimum absolute atomic E-state index is 0. The first kappa shape index (κ1) is 19.9. The van der Waals surface area contributed by atoms with Gasteiger partial charge in [0.15, 0.2) is 5.75 Å². The Balaban J connectivity index is 0.00000169. The Kier molecular flexibility index (Phi) is 6.23. The van der Waals surface area contributed by atoms with Gasteiger partial charge < -0.3 is 5.61 Å². The van der Waals surface area contributed by atoms with Crippen LogP contribution in [0.3, 0.4) is 0 Å². The average molecular weight is 371 g/mol. The first-order valence-corrected chi connectivity index (χ1v) is 8.88. The molecule has 9 heteroatoms. The summed E-state index contributed by atoms with van der Waals surface area (Å²) in [5.41, 5.74) is 2.35. The maximum atomic E-state index is 11.3. The van der Waals surface area contributed by atoms with Crippen LogP contribution in [0.5, 0.6) is 5.75 Å². The van der Waals surface area contributed by atoms with E-state index >= 15 is 0 Å². The molecule has 0 amide bonds. The van der Waals surface area contributed by atoms with Gasteiger partial charge in [-0.1, -0.05) is 38.1 Å². The third-order valence-electron chi connectivity index (χ3n) is 3.86. The van der Waals surface area contributed by atoms with E-state index in [1.54, 1.807) is 30.3 Å². The van der Waals surface area contributed by atoms with Gasteiger partial charge in [-0.15, -0.1) is 15.0 Å². The Bertz CT molecular complexity index is 961. The predicted molar refractivity (Wildman–Crippen MR) is 90.9 cm³/mol. The van der Waals surface area contributed by atoms with E-state index in [4.69, 9.17) is 8.74 Å². The van der Waals surface area contributed by atoms with E-state index in [2.05, 4.69) is 10.2 Å². The summed E-state index contributed by atoms with van der Waals surface area (Å²) < 4.78 is 36.6. The Morgan fingerprint density at radius 1 is 1.16 bits per heavy atom. The van der Waals surface area contributed by atoms with Gasteiger partial charge in [0.25, 0.3) is 0 Å². The quantitative estimate of drug-likeness (QED) is 0.510. The molecule has 0 radical (unpaired) electrons. The molecule has 0 fully saturated rings. The molecule has 1 N–H and O–H groups in total. The summed E-state index contributed by atoms with van der Waals surface area (Å²) in [7, 11) is -4.67. The Hall–Kier alpha value is -1.45.